The van der Waals surface area contributed by atoms with Gasteiger partial charge in [0.15, 0.2) is 6.29 Å². The SMILES string of the molecule is C/C(C=O)=C\CC[C@@H]1CO[C@@H](c2ccccc2)O[C@H]1/C=C/C(C)=C/C#C[Si](C)(C)C. The molecule has 1 aliphatic rings. The zero-order valence-electron chi connectivity index (χ0n) is 18.9. The van der Waals surface area contributed by atoms with Gasteiger partial charge in [-0.25, -0.2) is 0 Å². The molecule has 2 rings (SSSR count). The molecule has 0 N–H and O–H groups in total. The molecule has 1 aliphatic heterocycles. The van der Waals surface area contributed by atoms with Gasteiger partial charge in [-0.3, -0.25) is 4.79 Å². The Morgan fingerprint density at radius 1 is 1.17 bits per heavy atom. The number of allylic oxidation sites excluding steroid dienone is 5. The first kappa shape index (κ1) is 24.1. The third kappa shape index (κ3) is 8.67. The van der Waals surface area contributed by atoms with E-state index in [4.69, 9.17) is 9.47 Å². The van der Waals surface area contributed by atoms with Crippen molar-refractivity contribution in [2.75, 3.05) is 6.61 Å². The Hall–Kier alpha value is -2.19. The van der Waals surface area contributed by atoms with Crippen LogP contribution in [0.25, 0.3) is 0 Å². The number of benzene rings is 1. The number of rotatable bonds is 7. The first-order valence-corrected chi connectivity index (χ1v) is 14.1. The van der Waals surface area contributed by atoms with E-state index >= 15 is 0 Å². The molecule has 160 valence electrons. The minimum absolute atomic E-state index is 0.0535. The van der Waals surface area contributed by atoms with Crippen LogP contribution < -0.4 is 0 Å². The van der Waals surface area contributed by atoms with Gasteiger partial charge in [0.1, 0.15) is 14.4 Å². The van der Waals surface area contributed by atoms with Crippen molar-refractivity contribution in [3.05, 3.63) is 71.3 Å². The van der Waals surface area contributed by atoms with Gasteiger partial charge in [-0.15, -0.1) is 5.54 Å². The normalized spacial score (nSPS) is 23.2. The van der Waals surface area contributed by atoms with Gasteiger partial charge in [0.2, 0.25) is 0 Å². The third-order valence-corrected chi connectivity index (χ3v) is 5.66. The summed E-state index contributed by atoms with van der Waals surface area (Å²) in [5.41, 5.74) is 6.27. The molecule has 0 aliphatic carbocycles. The summed E-state index contributed by atoms with van der Waals surface area (Å²) in [5, 5.41) is 0. The van der Waals surface area contributed by atoms with Crippen molar-refractivity contribution in [2.45, 2.75) is 58.7 Å². The van der Waals surface area contributed by atoms with Crippen molar-refractivity contribution in [2.24, 2.45) is 5.92 Å². The Kier molecular flexibility index (Phi) is 9.52. The second-order valence-corrected chi connectivity index (χ2v) is 13.6. The van der Waals surface area contributed by atoms with Gasteiger partial charge in [0.25, 0.3) is 0 Å². The number of hydrogen-bond donors (Lipinski definition) is 0. The quantitative estimate of drug-likeness (QED) is 0.177. The fourth-order valence-corrected chi connectivity index (χ4v) is 3.57. The molecule has 0 saturated carbocycles. The van der Waals surface area contributed by atoms with Crippen LogP contribution in [0, 0.1) is 17.4 Å². The molecule has 4 heteroatoms. The van der Waals surface area contributed by atoms with E-state index in [2.05, 4.69) is 50.2 Å². The Morgan fingerprint density at radius 2 is 1.90 bits per heavy atom. The molecular formula is C26H34O3Si. The molecule has 30 heavy (non-hydrogen) atoms. The smallest absolute Gasteiger partial charge is 0.184 e. The Balaban J connectivity index is 2.12. The van der Waals surface area contributed by atoms with Crippen molar-refractivity contribution in [1.82, 2.24) is 0 Å². The second kappa shape index (κ2) is 11.9. The van der Waals surface area contributed by atoms with Crippen molar-refractivity contribution in [3.8, 4) is 11.5 Å². The van der Waals surface area contributed by atoms with Gasteiger partial charge in [0, 0.05) is 11.5 Å². The van der Waals surface area contributed by atoms with Crippen LogP contribution in [0.3, 0.4) is 0 Å². The summed E-state index contributed by atoms with van der Waals surface area (Å²) in [6, 6.07) is 10.0. The lowest BCUT2D eigenvalue weighted by molar-refractivity contribution is -0.229. The number of aldehydes is 1. The fraction of sp³-hybridized carbons (Fsp3) is 0.423. The van der Waals surface area contributed by atoms with E-state index in [1.54, 1.807) is 0 Å². The predicted molar refractivity (Wildman–Crippen MR) is 127 cm³/mol. The standard InChI is InChI=1S/C26H34O3Si/c1-21(12-10-18-30(3,4)5)16-17-25-24(15-9-11-22(2)19-27)20-28-26(29-25)23-13-7-6-8-14-23/h6-8,11-14,16-17,19,24-26H,9,15,20H2,1-5H3/b17-16+,21-12+,22-11+/t24-,25+,26-/m1/s1. The number of carbonyl (C=O) groups is 1. The second-order valence-electron chi connectivity index (χ2n) is 8.85. The van der Waals surface area contributed by atoms with Crippen molar-refractivity contribution in [3.63, 3.8) is 0 Å². The average molecular weight is 423 g/mol. The van der Waals surface area contributed by atoms with Crippen LogP contribution >= 0.6 is 0 Å². The molecule has 0 bridgehead atoms. The molecule has 0 aromatic heterocycles. The lowest BCUT2D eigenvalue weighted by Crippen LogP contribution is -2.35. The van der Waals surface area contributed by atoms with Crippen LogP contribution in [0.5, 0.6) is 0 Å². The predicted octanol–water partition coefficient (Wildman–Crippen LogP) is 6.03. The summed E-state index contributed by atoms with van der Waals surface area (Å²) in [5.74, 6) is 3.44. The zero-order chi connectivity index (χ0) is 22.0. The van der Waals surface area contributed by atoms with Gasteiger partial charge < -0.3 is 9.47 Å². The van der Waals surface area contributed by atoms with Crippen molar-refractivity contribution >= 4 is 14.4 Å². The molecule has 3 nitrogen and oxygen atoms in total. The van der Waals surface area contributed by atoms with Crippen molar-refractivity contribution < 1.29 is 14.3 Å². The highest BCUT2D eigenvalue weighted by molar-refractivity contribution is 6.83. The molecule has 1 aromatic rings. The topological polar surface area (TPSA) is 35.5 Å². The maximum absolute atomic E-state index is 10.8. The van der Waals surface area contributed by atoms with E-state index in [0.717, 1.165) is 35.8 Å². The van der Waals surface area contributed by atoms with E-state index in [1.807, 2.05) is 49.4 Å². The lowest BCUT2D eigenvalue weighted by atomic mass is 9.94. The largest absolute Gasteiger partial charge is 0.348 e. The highest BCUT2D eigenvalue weighted by atomic mass is 28.3. The van der Waals surface area contributed by atoms with E-state index < -0.39 is 8.07 Å². The molecule has 0 amide bonds. The lowest BCUT2D eigenvalue weighted by Gasteiger charge is -2.35. The average Bonchev–Trinajstić information content (AvgIpc) is 2.72. The zero-order valence-corrected chi connectivity index (χ0v) is 19.9. The van der Waals surface area contributed by atoms with Crippen LogP contribution in [0.1, 0.15) is 38.5 Å². The minimum Gasteiger partial charge on any atom is -0.348 e. The summed E-state index contributed by atoms with van der Waals surface area (Å²) >= 11 is 0. The summed E-state index contributed by atoms with van der Waals surface area (Å²) < 4.78 is 12.3. The van der Waals surface area contributed by atoms with E-state index in [9.17, 15) is 4.79 Å². The number of carbonyl (C=O) groups excluding carboxylic acids is 1. The molecule has 1 saturated heterocycles. The summed E-state index contributed by atoms with van der Waals surface area (Å²) in [4.78, 5) is 10.8. The first-order valence-electron chi connectivity index (χ1n) is 10.6. The van der Waals surface area contributed by atoms with Gasteiger partial charge in [0.05, 0.1) is 12.7 Å². The third-order valence-electron chi connectivity index (χ3n) is 4.76. The van der Waals surface area contributed by atoms with Crippen LogP contribution in [-0.4, -0.2) is 27.1 Å². The maximum atomic E-state index is 10.8. The fourth-order valence-electron chi connectivity index (χ4n) is 3.07. The summed E-state index contributed by atoms with van der Waals surface area (Å²) in [7, 11) is -1.37. The van der Waals surface area contributed by atoms with Crippen molar-refractivity contribution in [1.29, 1.82) is 0 Å². The molecule has 1 aromatic carbocycles. The summed E-state index contributed by atoms with van der Waals surface area (Å²) in [6.07, 6.45) is 10.4. The number of ether oxygens (including phenoxy) is 2. The maximum Gasteiger partial charge on any atom is 0.184 e. The monoisotopic (exact) mass is 422 g/mol. The molecule has 3 atom stereocenters. The number of hydrogen-bond acceptors (Lipinski definition) is 3. The van der Waals surface area contributed by atoms with E-state index in [-0.39, 0.29) is 18.3 Å². The van der Waals surface area contributed by atoms with E-state index in [1.165, 1.54) is 0 Å². The molecule has 0 radical (unpaired) electrons. The van der Waals surface area contributed by atoms with E-state index in [0.29, 0.717) is 6.61 Å². The molecule has 0 spiro atoms. The highest BCUT2D eigenvalue weighted by Gasteiger charge is 2.30. The minimum atomic E-state index is -1.37. The first-order chi connectivity index (χ1) is 14.3. The Bertz CT molecular complexity index is 835. The molecular weight excluding hydrogens is 388 g/mol. The van der Waals surface area contributed by atoms with Gasteiger partial charge >= 0.3 is 0 Å². The van der Waals surface area contributed by atoms with Gasteiger partial charge in [-0.05, 0) is 43.9 Å². The van der Waals surface area contributed by atoms with Gasteiger partial charge in [-0.2, -0.15) is 0 Å². The highest BCUT2D eigenvalue weighted by Crippen LogP contribution is 2.32. The van der Waals surface area contributed by atoms with Gasteiger partial charge in [-0.1, -0.05) is 74.1 Å². The van der Waals surface area contributed by atoms with Crippen LogP contribution in [0.4, 0.5) is 0 Å². The molecule has 1 heterocycles. The van der Waals surface area contributed by atoms with Crippen LogP contribution in [0.2, 0.25) is 19.6 Å². The summed E-state index contributed by atoms with van der Waals surface area (Å²) in [6.45, 7) is 11.2. The molecule has 0 unspecified atom stereocenters. The van der Waals surface area contributed by atoms with Crippen LogP contribution in [0.15, 0.2) is 65.8 Å². The van der Waals surface area contributed by atoms with Crippen LogP contribution in [-0.2, 0) is 14.3 Å². The molecule has 1 fully saturated rings. The Morgan fingerprint density at radius 3 is 2.57 bits per heavy atom. The Labute approximate surface area is 182 Å².